The first kappa shape index (κ1) is 8.92. The molecule has 0 saturated carbocycles. The van der Waals surface area contributed by atoms with E-state index in [1.54, 1.807) is 0 Å². The third-order valence-corrected chi connectivity index (χ3v) is 3.26. The van der Waals surface area contributed by atoms with E-state index < -0.39 is 0 Å². The minimum atomic E-state index is 0.0338. The molecule has 0 aliphatic carbocycles. The number of carbonyl (C=O) groups excluding carboxylic acids is 1. The summed E-state index contributed by atoms with van der Waals surface area (Å²) in [6.07, 6.45) is 0. The maximum atomic E-state index is 11.9. The van der Waals surface area contributed by atoms with Crippen molar-refractivity contribution in [2.45, 2.75) is 12.0 Å². The number of ether oxygens (including phenoxy) is 1. The van der Waals surface area contributed by atoms with Crippen molar-refractivity contribution < 1.29 is 9.53 Å². The summed E-state index contributed by atoms with van der Waals surface area (Å²) in [5.41, 5.74) is 1.12. The molecular weight excluding hydrogens is 190 g/mol. The molecule has 1 amide bonds. The lowest BCUT2D eigenvalue weighted by atomic mass is 9.81. The van der Waals surface area contributed by atoms with Crippen LogP contribution in [-0.2, 0) is 9.53 Å². The number of carbonyl (C=O) groups is 1. The van der Waals surface area contributed by atoms with Gasteiger partial charge in [0.2, 0.25) is 5.91 Å². The van der Waals surface area contributed by atoms with Gasteiger partial charge in [-0.25, -0.2) is 0 Å². The summed E-state index contributed by atoms with van der Waals surface area (Å²) in [5.74, 6) is 0.293. The number of hydrogen-bond donors (Lipinski definition) is 0. The zero-order chi connectivity index (χ0) is 10.3. The smallest absolute Gasteiger partial charge is 0.232 e. The molecular formula is C12H13NO2. The van der Waals surface area contributed by atoms with Crippen molar-refractivity contribution >= 4 is 5.91 Å². The van der Waals surface area contributed by atoms with Crippen LogP contribution in [0.4, 0.5) is 0 Å². The van der Waals surface area contributed by atoms with Crippen LogP contribution in [0, 0.1) is 0 Å². The first-order chi connectivity index (χ1) is 7.38. The number of β-lactam (4-membered cyclic amide) rings is 1. The van der Waals surface area contributed by atoms with Gasteiger partial charge >= 0.3 is 0 Å². The summed E-state index contributed by atoms with van der Waals surface area (Å²) in [5, 5.41) is 0. The SMILES string of the molecule is O=C1[C@@H](c2ccccc2)[C@@H]2COCCN12. The van der Waals surface area contributed by atoms with Gasteiger partial charge in [0.25, 0.3) is 0 Å². The van der Waals surface area contributed by atoms with Crippen LogP contribution in [0.3, 0.4) is 0 Å². The highest BCUT2D eigenvalue weighted by molar-refractivity contribution is 5.91. The Kier molecular flexibility index (Phi) is 1.99. The molecule has 3 heteroatoms. The number of amides is 1. The zero-order valence-corrected chi connectivity index (χ0v) is 8.43. The van der Waals surface area contributed by atoms with E-state index in [4.69, 9.17) is 4.74 Å². The van der Waals surface area contributed by atoms with E-state index in [-0.39, 0.29) is 17.9 Å². The zero-order valence-electron chi connectivity index (χ0n) is 8.43. The average Bonchev–Trinajstić information content (AvgIpc) is 2.30. The first-order valence-corrected chi connectivity index (χ1v) is 5.31. The molecule has 15 heavy (non-hydrogen) atoms. The lowest BCUT2D eigenvalue weighted by molar-refractivity contribution is -0.162. The van der Waals surface area contributed by atoms with Crippen molar-refractivity contribution in [1.29, 1.82) is 0 Å². The second-order valence-corrected chi connectivity index (χ2v) is 4.06. The van der Waals surface area contributed by atoms with Crippen LogP contribution in [0.25, 0.3) is 0 Å². The van der Waals surface area contributed by atoms with Gasteiger partial charge in [-0.2, -0.15) is 0 Å². The highest BCUT2D eigenvalue weighted by atomic mass is 16.5. The van der Waals surface area contributed by atoms with Crippen molar-refractivity contribution in [3.05, 3.63) is 35.9 Å². The second-order valence-electron chi connectivity index (χ2n) is 4.06. The van der Waals surface area contributed by atoms with Crippen LogP contribution in [-0.4, -0.2) is 36.6 Å². The molecule has 78 valence electrons. The van der Waals surface area contributed by atoms with Crippen LogP contribution >= 0.6 is 0 Å². The van der Waals surface area contributed by atoms with E-state index in [1.807, 2.05) is 35.2 Å². The van der Waals surface area contributed by atoms with Crippen LogP contribution in [0.15, 0.2) is 30.3 Å². The minimum Gasteiger partial charge on any atom is -0.377 e. The Morgan fingerprint density at radius 3 is 2.87 bits per heavy atom. The van der Waals surface area contributed by atoms with Crippen LogP contribution in [0.5, 0.6) is 0 Å². The van der Waals surface area contributed by atoms with Crippen molar-refractivity contribution in [2.75, 3.05) is 19.8 Å². The fraction of sp³-hybridized carbons (Fsp3) is 0.417. The van der Waals surface area contributed by atoms with Gasteiger partial charge in [0, 0.05) is 6.54 Å². The largest absolute Gasteiger partial charge is 0.377 e. The number of benzene rings is 1. The minimum absolute atomic E-state index is 0.0338. The van der Waals surface area contributed by atoms with Gasteiger partial charge in [-0.15, -0.1) is 0 Å². The molecule has 2 fully saturated rings. The quantitative estimate of drug-likeness (QED) is 0.637. The molecule has 1 aromatic rings. The molecule has 3 rings (SSSR count). The van der Waals surface area contributed by atoms with Gasteiger partial charge in [0.05, 0.1) is 25.2 Å². The van der Waals surface area contributed by atoms with E-state index in [9.17, 15) is 4.79 Å². The van der Waals surface area contributed by atoms with Crippen LogP contribution in [0.1, 0.15) is 11.5 Å². The number of rotatable bonds is 1. The molecule has 2 aliphatic rings. The predicted octanol–water partition coefficient (Wildman–Crippen LogP) is 1.01. The molecule has 2 heterocycles. The first-order valence-electron chi connectivity index (χ1n) is 5.31. The van der Waals surface area contributed by atoms with Gasteiger partial charge < -0.3 is 9.64 Å². The highest BCUT2D eigenvalue weighted by Crippen LogP contribution is 2.36. The van der Waals surface area contributed by atoms with E-state index in [0.29, 0.717) is 13.2 Å². The number of hydrogen-bond acceptors (Lipinski definition) is 2. The topological polar surface area (TPSA) is 29.5 Å². The molecule has 0 spiro atoms. The summed E-state index contributed by atoms with van der Waals surface area (Å²) in [7, 11) is 0. The molecule has 0 N–H and O–H groups in total. The van der Waals surface area contributed by atoms with E-state index in [2.05, 4.69) is 0 Å². The normalized spacial score (nSPS) is 29.6. The monoisotopic (exact) mass is 203 g/mol. The maximum Gasteiger partial charge on any atom is 0.232 e. The second kappa shape index (κ2) is 3.35. The van der Waals surface area contributed by atoms with Gasteiger partial charge in [0.15, 0.2) is 0 Å². The third kappa shape index (κ3) is 1.27. The number of nitrogens with zero attached hydrogens (tertiary/aromatic N) is 1. The third-order valence-electron chi connectivity index (χ3n) is 3.26. The fourth-order valence-electron chi connectivity index (χ4n) is 2.46. The highest BCUT2D eigenvalue weighted by Gasteiger charge is 2.49. The fourth-order valence-corrected chi connectivity index (χ4v) is 2.46. The Bertz CT molecular complexity index is 376. The summed E-state index contributed by atoms with van der Waals surface area (Å²) in [4.78, 5) is 13.8. The Morgan fingerprint density at radius 2 is 2.07 bits per heavy atom. The molecule has 3 nitrogen and oxygen atoms in total. The Hall–Kier alpha value is -1.35. The Labute approximate surface area is 88.6 Å². The summed E-state index contributed by atoms with van der Waals surface area (Å²) in [6, 6.07) is 10.3. The lowest BCUT2D eigenvalue weighted by Gasteiger charge is -2.49. The molecule has 0 unspecified atom stereocenters. The lowest BCUT2D eigenvalue weighted by Crippen LogP contribution is -2.64. The molecule has 2 saturated heterocycles. The molecule has 2 atom stereocenters. The van der Waals surface area contributed by atoms with E-state index in [0.717, 1.165) is 12.1 Å². The van der Waals surface area contributed by atoms with Gasteiger partial charge in [-0.3, -0.25) is 4.79 Å². The summed E-state index contributed by atoms with van der Waals surface area (Å²) in [6.45, 7) is 2.13. The number of fused-ring (bicyclic) bond motifs is 1. The summed E-state index contributed by atoms with van der Waals surface area (Å²) < 4.78 is 5.41. The van der Waals surface area contributed by atoms with Crippen LogP contribution < -0.4 is 0 Å². The maximum absolute atomic E-state index is 11.9. The van der Waals surface area contributed by atoms with Crippen LogP contribution in [0.2, 0.25) is 0 Å². The van der Waals surface area contributed by atoms with E-state index in [1.165, 1.54) is 0 Å². The molecule has 0 radical (unpaired) electrons. The molecule has 0 bridgehead atoms. The molecule has 1 aromatic carbocycles. The predicted molar refractivity (Wildman–Crippen MR) is 55.5 cm³/mol. The van der Waals surface area contributed by atoms with E-state index >= 15 is 0 Å². The standard InChI is InChI=1S/C12H13NO2/c14-12-11(9-4-2-1-3-5-9)10-8-15-7-6-13(10)12/h1-5,10-11H,6-8H2/t10-,11-/m0/s1. The Morgan fingerprint density at radius 1 is 1.27 bits per heavy atom. The van der Waals surface area contributed by atoms with Gasteiger partial charge in [-0.05, 0) is 5.56 Å². The summed E-state index contributed by atoms with van der Waals surface area (Å²) >= 11 is 0. The Balaban J connectivity index is 1.86. The van der Waals surface area contributed by atoms with Gasteiger partial charge in [0.1, 0.15) is 0 Å². The van der Waals surface area contributed by atoms with Crippen molar-refractivity contribution in [3.63, 3.8) is 0 Å². The molecule has 2 aliphatic heterocycles. The van der Waals surface area contributed by atoms with Crippen molar-refractivity contribution in [1.82, 2.24) is 4.90 Å². The number of morpholine rings is 1. The van der Waals surface area contributed by atoms with Crippen molar-refractivity contribution in [3.8, 4) is 0 Å². The average molecular weight is 203 g/mol. The molecule has 0 aromatic heterocycles. The van der Waals surface area contributed by atoms with Crippen molar-refractivity contribution in [2.24, 2.45) is 0 Å². The van der Waals surface area contributed by atoms with Gasteiger partial charge in [-0.1, -0.05) is 30.3 Å².